The Labute approximate surface area is 158 Å². The van der Waals surface area contributed by atoms with E-state index in [0.717, 1.165) is 11.3 Å². The molecular formula is C21H23FN2O3. The van der Waals surface area contributed by atoms with Gasteiger partial charge in [-0.15, -0.1) is 0 Å². The molecule has 27 heavy (non-hydrogen) atoms. The highest BCUT2D eigenvalue weighted by Crippen LogP contribution is 2.13. The summed E-state index contributed by atoms with van der Waals surface area (Å²) in [7, 11) is 5.58. The molecule has 0 spiro atoms. The van der Waals surface area contributed by atoms with E-state index in [1.165, 1.54) is 29.2 Å². The van der Waals surface area contributed by atoms with Crippen LogP contribution in [-0.4, -0.2) is 44.5 Å². The van der Waals surface area contributed by atoms with E-state index in [1.54, 1.807) is 19.2 Å². The molecule has 142 valence electrons. The summed E-state index contributed by atoms with van der Waals surface area (Å²) in [5.74, 6) is -1.27. The van der Waals surface area contributed by atoms with Crippen molar-refractivity contribution >= 4 is 23.6 Å². The zero-order valence-electron chi connectivity index (χ0n) is 15.7. The molecule has 0 unspecified atom stereocenters. The van der Waals surface area contributed by atoms with Gasteiger partial charge in [-0.1, -0.05) is 24.3 Å². The molecule has 0 aliphatic heterocycles. The fraction of sp³-hybridized carbons (Fsp3) is 0.238. The van der Waals surface area contributed by atoms with Crippen molar-refractivity contribution in [3.63, 3.8) is 0 Å². The molecule has 2 rings (SSSR count). The molecule has 0 saturated carbocycles. The van der Waals surface area contributed by atoms with E-state index in [-0.39, 0.29) is 18.3 Å². The van der Waals surface area contributed by atoms with E-state index in [2.05, 4.69) is 0 Å². The van der Waals surface area contributed by atoms with E-state index >= 15 is 0 Å². The third-order valence-corrected chi connectivity index (χ3v) is 3.92. The van der Waals surface area contributed by atoms with E-state index in [4.69, 9.17) is 4.74 Å². The molecule has 2 aromatic carbocycles. The molecule has 1 amide bonds. The van der Waals surface area contributed by atoms with E-state index in [1.807, 2.05) is 43.3 Å². The van der Waals surface area contributed by atoms with Crippen molar-refractivity contribution in [3.8, 4) is 0 Å². The van der Waals surface area contributed by atoms with Crippen molar-refractivity contribution in [2.45, 2.75) is 6.54 Å². The number of carbonyl (C=O) groups is 2. The van der Waals surface area contributed by atoms with Crippen LogP contribution in [0.2, 0.25) is 0 Å². The number of ether oxygens (including phenoxy) is 1. The minimum atomic E-state index is -0.628. The number of nitrogens with zero attached hydrogens (tertiary/aromatic N) is 2. The number of hydrogen-bond acceptors (Lipinski definition) is 4. The lowest BCUT2D eigenvalue weighted by Gasteiger charge is -2.18. The average Bonchev–Trinajstić information content (AvgIpc) is 2.66. The number of anilines is 1. The summed E-state index contributed by atoms with van der Waals surface area (Å²) >= 11 is 0. The Hall–Kier alpha value is -3.15. The van der Waals surface area contributed by atoms with Gasteiger partial charge in [0.05, 0.1) is 0 Å². The van der Waals surface area contributed by atoms with Crippen molar-refractivity contribution in [1.82, 2.24) is 4.90 Å². The molecule has 0 aromatic heterocycles. The number of hydrogen-bond donors (Lipinski definition) is 0. The third kappa shape index (κ3) is 6.58. The molecule has 0 N–H and O–H groups in total. The summed E-state index contributed by atoms with van der Waals surface area (Å²) in [4.78, 5) is 27.3. The van der Waals surface area contributed by atoms with Crippen LogP contribution in [-0.2, 0) is 20.9 Å². The Kier molecular flexibility index (Phi) is 7.11. The topological polar surface area (TPSA) is 49.9 Å². The zero-order chi connectivity index (χ0) is 19.8. The largest absolute Gasteiger partial charge is 0.452 e. The molecule has 0 fully saturated rings. The summed E-state index contributed by atoms with van der Waals surface area (Å²) in [5, 5.41) is 0. The Morgan fingerprint density at radius 2 is 1.63 bits per heavy atom. The van der Waals surface area contributed by atoms with E-state index in [0.29, 0.717) is 12.1 Å². The van der Waals surface area contributed by atoms with Crippen LogP contribution in [0.3, 0.4) is 0 Å². The summed E-state index contributed by atoms with van der Waals surface area (Å²) < 4.78 is 17.8. The zero-order valence-corrected chi connectivity index (χ0v) is 15.7. The number of carbonyl (C=O) groups excluding carboxylic acids is 2. The van der Waals surface area contributed by atoms with Gasteiger partial charge in [-0.25, -0.2) is 9.18 Å². The van der Waals surface area contributed by atoms with Gasteiger partial charge in [0.2, 0.25) is 0 Å². The summed E-state index contributed by atoms with van der Waals surface area (Å²) in [6, 6.07) is 13.6. The molecule has 0 heterocycles. The van der Waals surface area contributed by atoms with Gasteiger partial charge in [-0.05, 0) is 41.5 Å². The standard InChI is InChI=1S/C21H23FN2O3/c1-23(2)19-11-6-17(7-12-19)14-24(3)20(25)15-27-21(26)13-8-16-4-9-18(22)10-5-16/h4-13H,14-15H2,1-3H3/b13-8+. The predicted octanol–water partition coefficient (Wildman–Crippen LogP) is 3.11. The maximum absolute atomic E-state index is 12.8. The summed E-state index contributed by atoms with van der Waals surface area (Å²) in [5.41, 5.74) is 2.73. The Morgan fingerprint density at radius 3 is 2.22 bits per heavy atom. The number of halogens is 1. The second kappa shape index (κ2) is 9.52. The van der Waals surface area contributed by atoms with Crippen LogP contribution in [0.1, 0.15) is 11.1 Å². The SMILES string of the molecule is CN(Cc1ccc(N(C)C)cc1)C(=O)COC(=O)/C=C/c1ccc(F)cc1. The molecule has 0 bridgehead atoms. The van der Waals surface area contributed by atoms with Crippen LogP contribution in [0.15, 0.2) is 54.6 Å². The summed E-state index contributed by atoms with van der Waals surface area (Å²) in [6.45, 7) is 0.0917. The molecule has 0 saturated heterocycles. The molecular weight excluding hydrogens is 347 g/mol. The van der Waals surface area contributed by atoms with Gasteiger partial charge in [0.15, 0.2) is 6.61 Å². The van der Waals surface area contributed by atoms with Crippen LogP contribution >= 0.6 is 0 Å². The molecule has 2 aromatic rings. The van der Waals surface area contributed by atoms with E-state index in [9.17, 15) is 14.0 Å². The normalized spacial score (nSPS) is 10.7. The van der Waals surface area contributed by atoms with Gasteiger partial charge < -0.3 is 14.5 Å². The van der Waals surface area contributed by atoms with Crippen molar-refractivity contribution < 1.29 is 18.7 Å². The van der Waals surface area contributed by atoms with E-state index < -0.39 is 5.97 Å². The van der Waals surface area contributed by atoms with Crippen LogP contribution in [0.4, 0.5) is 10.1 Å². The number of amides is 1. The van der Waals surface area contributed by atoms with Crippen LogP contribution in [0.25, 0.3) is 6.08 Å². The molecule has 6 heteroatoms. The molecule has 0 atom stereocenters. The number of likely N-dealkylation sites (N-methyl/N-ethyl adjacent to an activating group) is 1. The maximum atomic E-state index is 12.8. The fourth-order valence-corrected chi connectivity index (χ4v) is 2.29. The number of benzene rings is 2. The lowest BCUT2D eigenvalue weighted by molar-refractivity contribution is -0.147. The van der Waals surface area contributed by atoms with Crippen molar-refractivity contribution in [2.75, 3.05) is 32.6 Å². The lowest BCUT2D eigenvalue weighted by Crippen LogP contribution is -2.30. The highest BCUT2D eigenvalue weighted by molar-refractivity contribution is 5.89. The van der Waals surface area contributed by atoms with Gasteiger partial charge in [-0.2, -0.15) is 0 Å². The highest BCUT2D eigenvalue weighted by atomic mass is 19.1. The van der Waals surface area contributed by atoms with Crippen molar-refractivity contribution in [3.05, 3.63) is 71.6 Å². The maximum Gasteiger partial charge on any atom is 0.331 e. The first-order valence-electron chi connectivity index (χ1n) is 8.46. The van der Waals surface area contributed by atoms with Crippen molar-refractivity contribution in [2.24, 2.45) is 0 Å². The first-order valence-corrected chi connectivity index (χ1v) is 8.46. The van der Waals surface area contributed by atoms with Crippen LogP contribution in [0.5, 0.6) is 0 Å². The minimum Gasteiger partial charge on any atom is -0.452 e. The molecule has 5 nitrogen and oxygen atoms in total. The van der Waals surface area contributed by atoms with Crippen LogP contribution < -0.4 is 4.90 Å². The Morgan fingerprint density at radius 1 is 1.00 bits per heavy atom. The average molecular weight is 370 g/mol. The highest BCUT2D eigenvalue weighted by Gasteiger charge is 2.11. The van der Waals surface area contributed by atoms with Crippen LogP contribution in [0, 0.1) is 5.82 Å². The number of rotatable bonds is 7. The fourth-order valence-electron chi connectivity index (χ4n) is 2.29. The molecule has 0 radical (unpaired) electrons. The summed E-state index contributed by atoms with van der Waals surface area (Å²) in [6.07, 6.45) is 2.71. The minimum absolute atomic E-state index is 0.296. The van der Waals surface area contributed by atoms with Gasteiger partial charge >= 0.3 is 5.97 Å². The molecule has 0 aliphatic carbocycles. The predicted molar refractivity (Wildman–Crippen MR) is 104 cm³/mol. The lowest BCUT2D eigenvalue weighted by atomic mass is 10.2. The molecule has 0 aliphatic rings. The second-order valence-corrected chi connectivity index (χ2v) is 6.30. The third-order valence-electron chi connectivity index (χ3n) is 3.92. The Balaban J connectivity index is 1.79. The first-order chi connectivity index (χ1) is 12.8. The van der Waals surface area contributed by atoms with Crippen molar-refractivity contribution in [1.29, 1.82) is 0 Å². The van der Waals surface area contributed by atoms with Gasteiger partial charge in [0, 0.05) is 39.5 Å². The van der Waals surface area contributed by atoms with Gasteiger partial charge in [0.25, 0.3) is 5.91 Å². The second-order valence-electron chi connectivity index (χ2n) is 6.30. The number of esters is 1. The smallest absolute Gasteiger partial charge is 0.331 e. The first kappa shape index (κ1) is 20.2. The monoisotopic (exact) mass is 370 g/mol. The van der Waals surface area contributed by atoms with Gasteiger partial charge in [0.1, 0.15) is 5.82 Å². The van der Waals surface area contributed by atoms with Gasteiger partial charge in [-0.3, -0.25) is 4.79 Å². The quantitative estimate of drug-likeness (QED) is 0.555. The Bertz CT molecular complexity index is 799.